The SMILES string of the molecule is C1=CC(CCC2c3ccccc3-c3ccccc32)c2ccccc21.Cc1cccc(C)c1[NH-].Cc1cccc(C)c1[NH-].[Zr+2]. The van der Waals surface area contributed by atoms with Crippen LogP contribution in [0.25, 0.3) is 28.7 Å². The van der Waals surface area contributed by atoms with E-state index >= 15 is 0 Å². The van der Waals surface area contributed by atoms with E-state index in [1.165, 1.54) is 46.2 Å². The predicted octanol–water partition coefficient (Wildman–Crippen LogP) is 12.4. The molecule has 7 rings (SSSR count). The molecule has 2 aliphatic rings. The monoisotopic (exact) mass is 638 g/mol. The van der Waals surface area contributed by atoms with E-state index in [9.17, 15) is 0 Å². The minimum absolute atomic E-state index is 0. The van der Waals surface area contributed by atoms with Crippen molar-refractivity contribution in [2.24, 2.45) is 0 Å². The van der Waals surface area contributed by atoms with Crippen molar-refractivity contribution in [3.8, 4) is 11.1 Å². The molecule has 1 unspecified atom stereocenters. The van der Waals surface area contributed by atoms with Gasteiger partial charge < -0.3 is 11.5 Å². The fourth-order valence-corrected chi connectivity index (χ4v) is 6.12. The minimum atomic E-state index is 0. The average molecular weight is 640 g/mol. The Balaban J connectivity index is 0.000000184. The van der Waals surface area contributed by atoms with Crippen LogP contribution in [0.15, 0.2) is 115 Å². The zero-order valence-corrected chi connectivity index (χ0v) is 28.1. The van der Waals surface area contributed by atoms with Crippen molar-refractivity contribution in [3.05, 3.63) is 171 Å². The largest absolute Gasteiger partial charge is 2.00 e. The summed E-state index contributed by atoms with van der Waals surface area (Å²) in [6.45, 7) is 7.81. The van der Waals surface area contributed by atoms with Crippen molar-refractivity contribution in [3.63, 3.8) is 0 Å². The van der Waals surface area contributed by atoms with Gasteiger partial charge in [0, 0.05) is 11.8 Å². The number of aryl methyl sites for hydroxylation is 4. The summed E-state index contributed by atoms with van der Waals surface area (Å²) in [5.41, 5.74) is 29.2. The number of allylic oxidation sites excluding steroid dienone is 1. The molecule has 0 amide bonds. The molecule has 2 N–H and O–H groups in total. The molecule has 0 saturated heterocycles. The third kappa shape index (κ3) is 7.28. The molecule has 43 heavy (non-hydrogen) atoms. The van der Waals surface area contributed by atoms with Crippen LogP contribution in [0.2, 0.25) is 0 Å². The number of nitrogens with one attached hydrogen (secondary N) is 2. The van der Waals surface area contributed by atoms with Crippen molar-refractivity contribution < 1.29 is 26.2 Å². The van der Waals surface area contributed by atoms with Gasteiger partial charge in [-0.2, -0.15) is 0 Å². The van der Waals surface area contributed by atoms with Crippen LogP contribution < -0.4 is 0 Å². The topological polar surface area (TPSA) is 47.6 Å². The maximum absolute atomic E-state index is 7.44. The zero-order valence-electron chi connectivity index (χ0n) is 25.6. The molecule has 2 aliphatic carbocycles. The molecule has 5 aromatic rings. The second-order valence-corrected chi connectivity index (χ2v) is 11.4. The Kier molecular flexibility index (Phi) is 11.0. The van der Waals surface area contributed by atoms with Gasteiger partial charge in [-0.25, -0.2) is 0 Å². The van der Waals surface area contributed by atoms with Crippen molar-refractivity contribution in [1.29, 1.82) is 0 Å². The first-order chi connectivity index (χ1) is 20.3. The molecule has 3 heteroatoms. The predicted molar refractivity (Wildman–Crippen MR) is 181 cm³/mol. The smallest absolute Gasteiger partial charge is 0.698 e. The van der Waals surface area contributed by atoms with E-state index in [-0.39, 0.29) is 26.2 Å². The molecule has 0 radical (unpaired) electrons. The van der Waals surface area contributed by atoms with Crippen LogP contribution in [0.1, 0.15) is 69.2 Å². The second kappa shape index (κ2) is 14.7. The molecular weight excluding hydrogens is 600 g/mol. The number of benzene rings is 5. The molecular formula is C40H40N2Zr. The summed E-state index contributed by atoms with van der Waals surface area (Å²) < 4.78 is 0. The summed E-state index contributed by atoms with van der Waals surface area (Å²) in [6, 6.07) is 38.5. The van der Waals surface area contributed by atoms with Gasteiger partial charge >= 0.3 is 26.2 Å². The van der Waals surface area contributed by atoms with E-state index in [0.717, 1.165) is 22.3 Å². The standard InChI is InChI=1S/C24H20.2C8H10N.Zr/c1-2-8-19-17(7-1)13-14-18(19)15-16-24-22-11-5-3-9-20(22)21-10-4-6-12-23(21)24;2*1-6-4-3-5-7(2)8(6)9;/h1-14,18,24H,15-16H2;2*3-5,9H,1-2H3;/q;2*-1;+2. The first-order valence-corrected chi connectivity index (χ1v) is 14.9. The quantitative estimate of drug-likeness (QED) is 0.189. The van der Waals surface area contributed by atoms with Crippen LogP contribution >= 0.6 is 0 Å². The van der Waals surface area contributed by atoms with E-state index in [2.05, 4.69) is 84.9 Å². The van der Waals surface area contributed by atoms with Gasteiger partial charge in [0.15, 0.2) is 0 Å². The summed E-state index contributed by atoms with van der Waals surface area (Å²) in [7, 11) is 0. The summed E-state index contributed by atoms with van der Waals surface area (Å²) in [5, 5.41) is 0. The van der Waals surface area contributed by atoms with Gasteiger partial charge in [0.1, 0.15) is 0 Å². The minimum Gasteiger partial charge on any atom is -0.698 e. The van der Waals surface area contributed by atoms with E-state index in [0.29, 0.717) is 23.2 Å². The Morgan fingerprint density at radius 1 is 0.488 bits per heavy atom. The maximum atomic E-state index is 7.44. The molecule has 0 aliphatic heterocycles. The fraction of sp³-hybridized carbons (Fsp3) is 0.200. The third-order valence-corrected chi connectivity index (χ3v) is 8.59. The normalized spacial score (nSPS) is 13.8. The first-order valence-electron chi connectivity index (χ1n) is 14.9. The van der Waals surface area contributed by atoms with Gasteiger partial charge in [0.05, 0.1) is 0 Å². The molecule has 0 aromatic heterocycles. The summed E-state index contributed by atoms with van der Waals surface area (Å²) in [6.07, 6.45) is 7.09. The Labute approximate surface area is 277 Å². The molecule has 5 aromatic carbocycles. The molecule has 214 valence electrons. The van der Waals surface area contributed by atoms with E-state index in [1.54, 1.807) is 0 Å². The Morgan fingerprint density at radius 2 is 0.907 bits per heavy atom. The number of fused-ring (bicyclic) bond motifs is 4. The van der Waals surface area contributed by atoms with Crippen LogP contribution in [0.3, 0.4) is 0 Å². The van der Waals surface area contributed by atoms with Crippen LogP contribution in [-0.2, 0) is 26.2 Å². The average Bonchev–Trinajstić information content (AvgIpc) is 3.57. The van der Waals surface area contributed by atoms with Crippen molar-refractivity contribution in [2.45, 2.75) is 52.4 Å². The molecule has 1 atom stereocenters. The molecule has 0 fully saturated rings. The van der Waals surface area contributed by atoms with Gasteiger partial charge in [-0.15, -0.1) is 11.4 Å². The zero-order chi connectivity index (χ0) is 29.6. The van der Waals surface area contributed by atoms with Gasteiger partial charge in [-0.05, 0) is 73.9 Å². The number of hydrogen-bond donors (Lipinski definition) is 0. The van der Waals surface area contributed by atoms with Gasteiger partial charge in [-0.1, -0.05) is 144 Å². The molecule has 2 nitrogen and oxygen atoms in total. The van der Waals surface area contributed by atoms with Gasteiger partial charge in [0.2, 0.25) is 0 Å². The van der Waals surface area contributed by atoms with E-state index < -0.39 is 0 Å². The Bertz CT molecular complexity index is 1580. The summed E-state index contributed by atoms with van der Waals surface area (Å²) >= 11 is 0. The molecule has 0 heterocycles. The van der Waals surface area contributed by atoms with Crippen LogP contribution in [0.5, 0.6) is 0 Å². The van der Waals surface area contributed by atoms with E-state index in [4.69, 9.17) is 11.5 Å². The fourth-order valence-electron chi connectivity index (χ4n) is 6.12. The Morgan fingerprint density at radius 3 is 1.37 bits per heavy atom. The summed E-state index contributed by atoms with van der Waals surface area (Å²) in [4.78, 5) is 0. The van der Waals surface area contributed by atoms with Crippen LogP contribution in [-0.4, -0.2) is 0 Å². The van der Waals surface area contributed by atoms with Gasteiger partial charge in [-0.3, -0.25) is 0 Å². The molecule has 0 spiro atoms. The first kappa shape index (κ1) is 32.2. The van der Waals surface area contributed by atoms with Crippen molar-refractivity contribution in [2.75, 3.05) is 0 Å². The number of hydrogen-bond acceptors (Lipinski definition) is 0. The van der Waals surface area contributed by atoms with Gasteiger partial charge in [0.25, 0.3) is 0 Å². The second-order valence-electron chi connectivity index (χ2n) is 11.4. The third-order valence-electron chi connectivity index (χ3n) is 8.59. The van der Waals surface area contributed by atoms with Crippen molar-refractivity contribution in [1.82, 2.24) is 0 Å². The Hall–Kier alpha value is -3.68. The molecule has 0 saturated carbocycles. The number of rotatable bonds is 3. The molecule has 0 bridgehead atoms. The van der Waals surface area contributed by atoms with E-state index in [1.807, 2.05) is 64.1 Å². The van der Waals surface area contributed by atoms with Crippen molar-refractivity contribution >= 4 is 17.5 Å². The van der Waals surface area contributed by atoms with Crippen LogP contribution in [0, 0.1) is 27.7 Å². The van der Waals surface area contributed by atoms with Crippen LogP contribution in [0.4, 0.5) is 11.4 Å². The maximum Gasteiger partial charge on any atom is 2.00 e. The summed E-state index contributed by atoms with van der Waals surface area (Å²) in [5.74, 6) is 1.11.